The maximum atomic E-state index is 5.16. The zero-order valence-corrected chi connectivity index (χ0v) is 9.52. The first-order valence-electron chi connectivity index (χ1n) is 4.34. The van der Waals surface area contributed by atoms with Gasteiger partial charge in [0, 0.05) is 6.61 Å². The lowest BCUT2D eigenvalue weighted by atomic mass is 9.98. The molecule has 0 saturated carbocycles. The fraction of sp³-hybridized carbons (Fsp3) is 1.00. The highest BCUT2D eigenvalue weighted by Gasteiger charge is 2.02. The van der Waals surface area contributed by atoms with Crippen LogP contribution in [0.25, 0.3) is 0 Å². The van der Waals surface area contributed by atoms with E-state index in [0.717, 1.165) is 23.0 Å². The molecule has 1 nitrogen and oxygen atoms in total. The lowest BCUT2D eigenvalue weighted by Gasteiger charge is -2.12. The topological polar surface area (TPSA) is 9.23 Å². The van der Waals surface area contributed by atoms with E-state index < -0.39 is 0 Å². The van der Waals surface area contributed by atoms with Gasteiger partial charge in [0.05, 0.1) is 0 Å². The van der Waals surface area contributed by atoms with Crippen LogP contribution in [0.3, 0.4) is 0 Å². The van der Waals surface area contributed by atoms with E-state index in [0.29, 0.717) is 0 Å². The average Bonchev–Trinajstić information content (AvgIpc) is 1.98. The van der Waals surface area contributed by atoms with Gasteiger partial charge in [0.1, 0.15) is 10.5 Å². The largest absolute Gasteiger partial charge is 0.428 e. The van der Waals surface area contributed by atoms with E-state index in [-0.39, 0.29) is 0 Å². The van der Waals surface area contributed by atoms with Crippen LogP contribution in [0.4, 0.5) is 0 Å². The third-order valence-electron chi connectivity index (χ3n) is 2.00. The zero-order chi connectivity index (χ0) is 7.82. The first-order chi connectivity index (χ1) is 4.85. The van der Waals surface area contributed by atoms with Crippen molar-refractivity contribution in [3.63, 3.8) is 0 Å². The Morgan fingerprint density at radius 3 is 2.40 bits per heavy atom. The Labute approximate surface area is 67.7 Å². The summed E-state index contributed by atoms with van der Waals surface area (Å²) < 4.78 is 5.16. The van der Waals surface area contributed by atoms with Gasteiger partial charge >= 0.3 is 0 Å². The van der Waals surface area contributed by atoms with E-state index in [4.69, 9.17) is 4.43 Å². The lowest BCUT2D eigenvalue weighted by Crippen LogP contribution is -2.02. The molecule has 0 heterocycles. The molecule has 0 aliphatic rings. The standard InChI is InChI=1S/C8H20OSi/c1-3-5-8(4-2)6-7-9-10/h8H,3-7H2,1-2,10H3. The molecule has 0 aromatic rings. The molecule has 0 spiro atoms. The van der Waals surface area contributed by atoms with Gasteiger partial charge in [-0.15, -0.1) is 0 Å². The third-order valence-corrected chi connectivity index (χ3v) is 2.41. The molecule has 0 N–H and O–H groups in total. The molecule has 0 bridgehead atoms. The van der Waals surface area contributed by atoms with Crippen LogP contribution in [-0.2, 0) is 4.43 Å². The molecule has 1 unspecified atom stereocenters. The minimum atomic E-state index is 0.901. The van der Waals surface area contributed by atoms with Crippen molar-refractivity contribution in [2.45, 2.75) is 39.5 Å². The minimum Gasteiger partial charge on any atom is -0.428 e. The van der Waals surface area contributed by atoms with Crippen molar-refractivity contribution in [3.05, 3.63) is 0 Å². The highest BCUT2D eigenvalue weighted by molar-refractivity contribution is 5.97. The number of hydrogen-bond donors (Lipinski definition) is 0. The molecule has 0 radical (unpaired) electrons. The minimum absolute atomic E-state index is 0.901. The van der Waals surface area contributed by atoms with Gasteiger partial charge in [-0.05, 0) is 12.3 Å². The van der Waals surface area contributed by atoms with Gasteiger partial charge in [0.25, 0.3) is 0 Å². The van der Waals surface area contributed by atoms with Crippen LogP contribution in [0.5, 0.6) is 0 Å². The first-order valence-corrected chi connectivity index (χ1v) is 5.15. The van der Waals surface area contributed by atoms with Crippen LogP contribution < -0.4 is 0 Å². The first kappa shape index (κ1) is 10.2. The molecular formula is C8H20OSi. The Balaban J connectivity index is 3.21. The predicted octanol–water partition coefficient (Wildman–Crippen LogP) is 1.50. The van der Waals surface area contributed by atoms with E-state index in [1.54, 1.807) is 0 Å². The summed E-state index contributed by atoms with van der Waals surface area (Å²) in [6.45, 7) is 5.52. The van der Waals surface area contributed by atoms with Crippen molar-refractivity contribution in [1.29, 1.82) is 0 Å². The molecule has 0 aliphatic heterocycles. The van der Waals surface area contributed by atoms with Crippen molar-refractivity contribution >= 4 is 10.5 Å². The van der Waals surface area contributed by atoms with E-state index in [2.05, 4.69) is 13.8 Å². The van der Waals surface area contributed by atoms with Crippen LogP contribution in [0.15, 0.2) is 0 Å². The summed E-state index contributed by atoms with van der Waals surface area (Å²) in [4.78, 5) is 0. The highest BCUT2D eigenvalue weighted by Crippen LogP contribution is 2.14. The molecule has 62 valence electrons. The summed E-state index contributed by atoms with van der Waals surface area (Å²) in [7, 11) is 0.901. The smallest absolute Gasteiger partial charge is 0.145 e. The van der Waals surface area contributed by atoms with Crippen molar-refractivity contribution in [1.82, 2.24) is 0 Å². The normalized spacial score (nSPS) is 13.8. The van der Waals surface area contributed by atoms with E-state index >= 15 is 0 Å². The van der Waals surface area contributed by atoms with Crippen LogP contribution >= 0.6 is 0 Å². The van der Waals surface area contributed by atoms with Gasteiger partial charge in [-0.2, -0.15) is 0 Å². The highest BCUT2D eigenvalue weighted by atomic mass is 28.2. The summed E-state index contributed by atoms with van der Waals surface area (Å²) in [5, 5.41) is 0. The second-order valence-electron chi connectivity index (χ2n) is 2.84. The molecule has 1 atom stereocenters. The summed E-state index contributed by atoms with van der Waals surface area (Å²) >= 11 is 0. The molecule has 0 amide bonds. The Hall–Kier alpha value is 0.177. The molecule has 0 saturated heterocycles. The van der Waals surface area contributed by atoms with E-state index in [9.17, 15) is 0 Å². The number of hydrogen-bond acceptors (Lipinski definition) is 1. The molecule has 0 rings (SSSR count). The van der Waals surface area contributed by atoms with Gasteiger partial charge in [-0.1, -0.05) is 33.1 Å². The Morgan fingerprint density at radius 1 is 1.30 bits per heavy atom. The van der Waals surface area contributed by atoms with Crippen LogP contribution in [-0.4, -0.2) is 17.1 Å². The lowest BCUT2D eigenvalue weighted by molar-refractivity contribution is 0.288. The molecule has 0 fully saturated rings. The predicted molar refractivity (Wildman–Crippen MR) is 49.2 cm³/mol. The summed E-state index contributed by atoms with van der Waals surface area (Å²) in [5.41, 5.74) is 0. The summed E-state index contributed by atoms with van der Waals surface area (Å²) in [5.74, 6) is 0.916. The second-order valence-corrected chi connectivity index (χ2v) is 3.42. The van der Waals surface area contributed by atoms with Crippen LogP contribution in [0, 0.1) is 5.92 Å². The third kappa shape index (κ3) is 5.00. The van der Waals surface area contributed by atoms with Gasteiger partial charge < -0.3 is 4.43 Å². The van der Waals surface area contributed by atoms with Crippen molar-refractivity contribution < 1.29 is 4.43 Å². The molecular weight excluding hydrogens is 140 g/mol. The van der Waals surface area contributed by atoms with E-state index in [1.165, 1.54) is 25.7 Å². The van der Waals surface area contributed by atoms with Crippen molar-refractivity contribution in [2.24, 2.45) is 5.92 Å². The maximum Gasteiger partial charge on any atom is 0.145 e. The van der Waals surface area contributed by atoms with Crippen molar-refractivity contribution in [2.75, 3.05) is 6.61 Å². The molecule has 0 aromatic heterocycles. The van der Waals surface area contributed by atoms with Gasteiger partial charge in [-0.25, -0.2) is 0 Å². The summed E-state index contributed by atoms with van der Waals surface area (Å²) in [6.07, 6.45) is 5.29. The second kappa shape index (κ2) is 7.29. The molecule has 2 heteroatoms. The van der Waals surface area contributed by atoms with Gasteiger partial charge in [0.15, 0.2) is 0 Å². The monoisotopic (exact) mass is 160 g/mol. The molecule has 0 aliphatic carbocycles. The SMILES string of the molecule is CCCC(CC)CCO[SiH3]. The molecule has 0 aromatic carbocycles. The average molecular weight is 160 g/mol. The van der Waals surface area contributed by atoms with Crippen molar-refractivity contribution in [3.8, 4) is 0 Å². The Kier molecular flexibility index (Phi) is 7.41. The zero-order valence-electron chi connectivity index (χ0n) is 7.52. The Bertz CT molecular complexity index is 66.3. The fourth-order valence-corrected chi connectivity index (χ4v) is 1.48. The fourth-order valence-electron chi connectivity index (χ4n) is 1.25. The van der Waals surface area contributed by atoms with Gasteiger partial charge in [-0.3, -0.25) is 0 Å². The summed E-state index contributed by atoms with van der Waals surface area (Å²) in [6, 6.07) is 0. The molecule has 10 heavy (non-hydrogen) atoms. The number of rotatable bonds is 6. The Morgan fingerprint density at radius 2 is 2.00 bits per heavy atom. The van der Waals surface area contributed by atoms with E-state index in [1.807, 2.05) is 0 Å². The van der Waals surface area contributed by atoms with Gasteiger partial charge in [0.2, 0.25) is 0 Å². The van der Waals surface area contributed by atoms with Crippen LogP contribution in [0.2, 0.25) is 0 Å². The van der Waals surface area contributed by atoms with Crippen LogP contribution in [0.1, 0.15) is 39.5 Å². The quantitative estimate of drug-likeness (QED) is 0.535. The maximum absolute atomic E-state index is 5.16.